The van der Waals surface area contributed by atoms with Gasteiger partial charge in [0, 0.05) is 43.1 Å². The number of rotatable bonds is 6. The Hall–Kier alpha value is -1.67. The van der Waals surface area contributed by atoms with E-state index in [1.54, 1.807) is 4.52 Å². The molecule has 0 unspecified atom stereocenters. The molecule has 0 radical (unpaired) electrons. The highest BCUT2D eigenvalue weighted by Crippen LogP contribution is 2.20. The molecule has 1 N–H and O–H groups in total. The standard InChI is InChI=1S/C19H30N6OS/c1-12-8-13(2)11-24(10-12)7-6-20-17(26)9-16-14(3)21-18-22-19(27-5)23-25(18)15(16)4/h12-13H,6-11H2,1-5H3,(H,20,26)/t12-,13+. The average Bonchev–Trinajstić information content (AvgIpc) is 3.01. The van der Waals surface area contributed by atoms with Crippen LogP contribution in [-0.4, -0.2) is 62.8 Å². The first-order valence-corrected chi connectivity index (χ1v) is 10.9. The summed E-state index contributed by atoms with van der Waals surface area (Å²) in [5, 5.41) is 8.21. The molecule has 1 aliphatic rings. The van der Waals surface area contributed by atoms with Crippen LogP contribution in [0.2, 0.25) is 0 Å². The molecule has 0 aliphatic carbocycles. The molecular weight excluding hydrogens is 360 g/mol. The number of nitrogens with one attached hydrogen (secondary N) is 1. The molecule has 1 amide bonds. The number of amides is 1. The summed E-state index contributed by atoms with van der Waals surface area (Å²) in [6.07, 6.45) is 3.56. The van der Waals surface area contributed by atoms with Crippen molar-refractivity contribution < 1.29 is 4.79 Å². The number of aromatic nitrogens is 4. The van der Waals surface area contributed by atoms with Crippen molar-refractivity contribution in [1.82, 2.24) is 29.8 Å². The third-order valence-electron chi connectivity index (χ3n) is 5.24. The molecule has 27 heavy (non-hydrogen) atoms. The zero-order valence-corrected chi connectivity index (χ0v) is 17.8. The maximum absolute atomic E-state index is 12.5. The van der Waals surface area contributed by atoms with E-state index in [2.05, 4.69) is 39.1 Å². The van der Waals surface area contributed by atoms with Gasteiger partial charge in [0.25, 0.3) is 5.78 Å². The Kier molecular flexibility index (Phi) is 6.37. The van der Waals surface area contributed by atoms with Gasteiger partial charge >= 0.3 is 0 Å². The van der Waals surface area contributed by atoms with Crippen LogP contribution < -0.4 is 5.32 Å². The number of likely N-dealkylation sites (tertiary alicyclic amines) is 1. The number of carbonyl (C=O) groups excluding carboxylic acids is 1. The van der Waals surface area contributed by atoms with E-state index >= 15 is 0 Å². The minimum atomic E-state index is 0.0330. The van der Waals surface area contributed by atoms with Crippen LogP contribution in [0.15, 0.2) is 5.16 Å². The van der Waals surface area contributed by atoms with Crippen molar-refractivity contribution in [2.75, 3.05) is 32.4 Å². The van der Waals surface area contributed by atoms with Crippen LogP contribution in [0.1, 0.15) is 37.2 Å². The number of thioether (sulfide) groups is 1. The highest BCUT2D eigenvalue weighted by atomic mass is 32.2. The first-order chi connectivity index (χ1) is 12.9. The van der Waals surface area contributed by atoms with Crippen molar-refractivity contribution >= 4 is 23.4 Å². The van der Waals surface area contributed by atoms with Gasteiger partial charge in [0.1, 0.15) is 0 Å². The number of carbonyl (C=O) groups is 1. The molecule has 3 heterocycles. The molecular formula is C19H30N6OS. The summed E-state index contributed by atoms with van der Waals surface area (Å²) < 4.78 is 1.73. The number of hydrogen-bond donors (Lipinski definition) is 1. The monoisotopic (exact) mass is 390 g/mol. The second-order valence-electron chi connectivity index (χ2n) is 7.80. The van der Waals surface area contributed by atoms with Gasteiger partial charge in [0.05, 0.1) is 6.42 Å². The Labute approximate surface area is 165 Å². The van der Waals surface area contributed by atoms with E-state index in [-0.39, 0.29) is 5.91 Å². The fraction of sp³-hybridized carbons (Fsp3) is 0.684. The molecule has 2 aromatic heterocycles. The van der Waals surface area contributed by atoms with E-state index in [4.69, 9.17) is 0 Å². The minimum Gasteiger partial charge on any atom is -0.355 e. The lowest BCUT2D eigenvalue weighted by Crippen LogP contribution is -2.43. The lowest BCUT2D eigenvalue weighted by molar-refractivity contribution is -0.120. The topological polar surface area (TPSA) is 75.4 Å². The maximum atomic E-state index is 12.5. The minimum absolute atomic E-state index is 0.0330. The Bertz CT molecular complexity index is 810. The van der Waals surface area contributed by atoms with Crippen LogP contribution in [0.25, 0.3) is 5.78 Å². The third kappa shape index (κ3) is 4.79. The molecule has 2 atom stereocenters. The molecule has 0 bridgehead atoms. The zero-order valence-electron chi connectivity index (χ0n) is 16.9. The van der Waals surface area contributed by atoms with Crippen molar-refractivity contribution in [2.24, 2.45) is 11.8 Å². The third-order valence-corrected chi connectivity index (χ3v) is 5.78. The summed E-state index contributed by atoms with van der Waals surface area (Å²) >= 11 is 1.49. The van der Waals surface area contributed by atoms with E-state index in [0.29, 0.717) is 23.9 Å². The maximum Gasteiger partial charge on any atom is 0.253 e. The number of aryl methyl sites for hydroxylation is 2. The molecule has 3 rings (SSSR count). The Morgan fingerprint density at radius 1 is 1.22 bits per heavy atom. The lowest BCUT2D eigenvalue weighted by Gasteiger charge is -2.34. The summed E-state index contributed by atoms with van der Waals surface area (Å²) in [7, 11) is 0. The van der Waals surface area contributed by atoms with Crippen molar-refractivity contribution in [3.8, 4) is 0 Å². The number of fused-ring (bicyclic) bond motifs is 1. The summed E-state index contributed by atoms with van der Waals surface area (Å²) in [6, 6.07) is 0. The molecule has 0 aromatic carbocycles. The molecule has 7 nitrogen and oxygen atoms in total. The number of hydrogen-bond acceptors (Lipinski definition) is 6. The first kappa shape index (κ1) is 20.1. The lowest BCUT2D eigenvalue weighted by atomic mass is 9.92. The van der Waals surface area contributed by atoms with E-state index in [1.807, 2.05) is 20.1 Å². The fourth-order valence-electron chi connectivity index (χ4n) is 4.08. The smallest absolute Gasteiger partial charge is 0.253 e. The molecule has 0 spiro atoms. The van der Waals surface area contributed by atoms with Crippen LogP contribution in [0.4, 0.5) is 0 Å². The average molecular weight is 391 g/mol. The number of nitrogens with zero attached hydrogens (tertiary/aromatic N) is 5. The van der Waals surface area contributed by atoms with E-state index in [9.17, 15) is 4.79 Å². The molecule has 148 valence electrons. The van der Waals surface area contributed by atoms with Gasteiger partial charge < -0.3 is 10.2 Å². The van der Waals surface area contributed by atoms with Gasteiger partial charge in [-0.2, -0.15) is 4.98 Å². The fourth-order valence-corrected chi connectivity index (χ4v) is 4.42. The summed E-state index contributed by atoms with van der Waals surface area (Å²) in [4.78, 5) is 23.8. The van der Waals surface area contributed by atoms with Gasteiger partial charge in [0.2, 0.25) is 11.1 Å². The Morgan fingerprint density at radius 3 is 2.59 bits per heavy atom. The first-order valence-electron chi connectivity index (χ1n) is 9.63. The molecule has 1 aliphatic heterocycles. The molecule has 8 heteroatoms. The highest BCUT2D eigenvalue weighted by molar-refractivity contribution is 7.98. The molecule has 0 saturated carbocycles. The van der Waals surface area contributed by atoms with Crippen LogP contribution in [-0.2, 0) is 11.2 Å². The van der Waals surface area contributed by atoms with Gasteiger partial charge in [-0.15, -0.1) is 5.10 Å². The van der Waals surface area contributed by atoms with E-state index < -0.39 is 0 Å². The van der Waals surface area contributed by atoms with Crippen molar-refractivity contribution in [1.29, 1.82) is 0 Å². The normalized spacial score (nSPS) is 20.9. The second kappa shape index (κ2) is 8.56. The quantitative estimate of drug-likeness (QED) is 0.762. The van der Waals surface area contributed by atoms with E-state index in [1.165, 1.54) is 18.2 Å². The summed E-state index contributed by atoms with van der Waals surface area (Å²) in [5.41, 5.74) is 2.70. The van der Waals surface area contributed by atoms with Crippen LogP contribution in [0.5, 0.6) is 0 Å². The zero-order chi connectivity index (χ0) is 19.6. The van der Waals surface area contributed by atoms with Crippen molar-refractivity contribution in [2.45, 2.75) is 45.7 Å². The predicted molar refractivity (Wildman–Crippen MR) is 108 cm³/mol. The second-order valence-corrected chi connectivity index (χ2v) is 8.58. The largest absolute Gasteiger partial charge is 0.355 e. The van der Waals surface area contributed by atoms with Crippen molar-refractivity contribution in [3.05, 3.63) is 17.0 Å². The molecule has 2 aromatic rings. The highest BCUT2D eigenvalue weighted by Gasteiger charge is 2.21. The van der Waals surface area contributed by atoms with Crippen LogP contribution in [0, 0.1) is 25.7 Å². The van der Waals surface area contributed by atoms with Gasteiger partial charge in [-0.3, -0.25) is 4.79 Å². The van der Waals surface area contributed by atoms with Gasteiger partial charge in [0.15, 0.2) is 0 Å². The van der Waals surface area contributed by atoms with E-state index in [0.717, 1.165) is 48.4 Å². The van der Waals surface area contributed by atoms with Gasteiger partial charge in [-0.1, -0.05) is 25.6 Å². The summed E-state index contributed by atoms with van der Waals surface area (Å²) in [6.45, 7) is 12.4. The van der Waals surface area contributed by atoms with Crippen molar-refractivity contribution in [3.63, 3.8) is 0 Å². The summed E-state index contributed by atoms with van der Waals surface area (Å²) in [5.74, 6) is 2.10. The van der Waals surface area contributed by atoms with Gasteiger partial charge in [-0.25, -0.2) is 9.50 Å². The van der Waals surface area contributed by atoms with Gasteiger partial charge in [-0.05, 0) is 38.4 Å². The molecule has 1 saturated heterocycles. The van der Waals surface area contributed by atoms with Crippen LogP contribution >= 0.6 is 11.8 Å². The van der Waals surface area contributed by atoms with Crippen LogP contribution in [0.3, 0.4) is 0 Å². The predicted octanol–water partition coefficient (Wildman–Crippen LogP) is 2.10. The number of piperidine rings is 1. The Morgan fingerprint density at radius 2 is 1.93 bits per heavy atom. The SMILES string of the molecule is CSc1nc2nc(C)c(CC(=O)NCCN3C[C@H](C)C[C@H](C)C3)c(C)n2n1. The molecule has 1 fully saturated rings. The Balaban J connectivity index is 1.59.